The molecule has 0 bridgehead atoms. The van der Waals surface area contributed by atoms with Crippen LogP contribution in [0.1, 0.15) is 5.69 Å². The first-order valence-corrected chi connectivity index (χ1v) is 2.76. The lowest BCUT2D eigenvalue weighted by molar-refractivity contribution is 0.907. The lowest BCUT2D eigenvalue weighted by Crippen LogP contribution is -1.94. The maximum absolute atomic E-state index is 3.81. The number of aromatic nitrogens is 1. The van der Waals surface area contributed by atoms with Crippen LogP contribution in [-0.2, 0) is 0 Å². The third kappa shape index (κ3) is 1.60. The highest BCUT2D eigenvalue weighted by Gasteiger charge is 1.81. The zero-order valence-corrected chi connectivity index (χ0v) is 5.26. The van der Waals surface area contributed by atoms with E-state index in [2.05, 4.69) is 15.5 Å². The maximum atomic E-state index is 3.81. The van der Waals surface area contributed by atoms with Crippen LogP contribution in [-0.4, -0.2) is 18.2 Å². The van der Waals surface area contributed by atoms with Crippen LogP contribution in [0.4, 0.5) is 0 Å². The van der Waals surface area contributed by atoms with Gasteiger partial charge in [-0.15, -0.1) is 0 Å². The predicted octanol–water partition coefficient (Wildman–Crippen LogP) is 0.568. The Balaban J connectivity index is 2.57. The van der Waals surface area contributed by atoms with Crippen LogP contribution >= 0.6 is 0 Å². The standard InChI is InChI=1S/C6H9N3/c1-7-9-5-6-3-2-4-8-6/h2-5,7-8H,1H3. The predicted molar refractivity (Wildman–Crippen MR) is 37.4 cm³/mol. The number of nitrogens with one attached hydrogen (secondary N) is 2. The minimum absolute atomic E-state index is 1.00. The maximum Gasteiger partial charge on any atom is 0.0702 e. The van der Waals surface area contributed by atoms with Crippen molar-refractivity contribution in [2.24, 2.45) is 5.10 Å². The Morgan fingerprint density at radius 1 is 1.78 bits per heavy atom. The zero-order valence-electron chi connectivity index (χ0n) is 5.26. The number of hydrazone groups is 1. The van der Waals surface area contributed by atoms with Gasteiger partial charge in [0, 0.05) is 13.2 Å². The highest BCUT2D eigenvalue weighted by molar-refractivity contribution is 5.76. The zero-order chi connectivity index (χ0) is 6.53. The summed E-state index contributed by atoms with van der Waals surface area (Å²) >= 11 is 0. The Labute approximate surface area is 53.8 Å². The summed E-state index contributed by atoms with van der Waals surface area (Å²) < 4.78 is 0. The summed E-state index contributed by atoms with van der Waals surface area (Å²) in [5.74, 6) is 0. The third-order valence-electron chi connectivity index (χ3n) is 0.955. The van der Waals surface area contributed by atoms with Crippen molar-refractivity contribution >= 4 is 6.21 Å². The Bertz CT molecular complexity index is 176. The average Bonchev–Trinajstić information content (AvgIpc) is 2.34. The second kappa shape index (κ2) is 2.91. The molecule has 0 saturated heterocycles. The molecular weight excluding hydrogens is 114 g/mol. The molecule has 0 saturated carbocycles. The van der Waals surface area contributed by atoms with Gasteiger partial charge in [0.25, 0.3) is 0 Å². The van der Waals surface area contributed by atoms with Crippen molar-refractivity contribution in [1.82, 2.24) is 10.4 Å². The summed E-state index contributed by atoms with van der Waals surface area (Å²) in [4.78, 5) is 2.98. The smallest absolute Gasteiger partial charge is 0.0702 e. The third-order valence-corrected chi connectivity index (χ3v) is 0.955. The quantitative estimate of drug-likeness (QED) is 0.438. The van der Waals surface area contributed by atoms with E-state index < -0.39 is 0 Å². The molecule has 0 unspecified atom stereocenters. The largest absolute Gasteiger partial charge is 0.360 e. The van der Waals surface area contributed by atoms with Crippen molar-refractivity contribution in [1.29, 1.82) is 0 Å². The summed E-state index contributed by atoms with van der Waals surface area (Å²) in [6.07, 6.45) is 3.58. The monoisotopic (exact) mass is 123 g/mol. The van der Waals surface area contributed by atoms with Gasteiger partial charge in [0.05, 0.1) is 11.9 Å². The van der Waals surface area contributed by atoms with Gasteiger partial charge in [0.15, 0.2) is 0 Å². The van der Waals surface area contributed by atoms with Gasteiger partial charge < -0.3 is 10.4 Å². The second-order valence-corrected chi connectivity index (χ2v) is 1.61. The van der Waals surface area contributed by atoms with Gasteiger partial charge in [-0.3, -0.25) is 0 Å². The van der Waals surface area contributed by atoms with E-state index in [1.807, 2.05) is 18.3 Å². The molecule has 1 heterocycles. The molecule has 0 atom stereocenters. The van der Waals surface area contributed by atoms with Crippen molar-refractivity contribution in [3.8, 4) is 0 Å². The number of rotatable bonds is 2. The normalized spacial score (nSPS) is 10.3. The van der Waals surface area contributed by atoms with Gasteiger partial charge in [-0.2, -0.15) is 5.10 Å². The lowest BCUT2D eigenvalue weighted by atomic mass is 10.5. The Kier molecular flexibility index (Phi) is 1.90. The van der Waals surface area contributed by atoms with Crippen LogP contribution in [0.5, 0.6) is 0 Å². The fourth-order valence-corrected chi connectivity index (χ4v) is 0.559. The van der Waals surface area contributed by atoms with E-state index in [1.165, 1.54) is 0 Å². The molecule has 1 rings (SSSR count). The van der Waals surface area contributed by atoms with Crippen molar-refractivity contribution < 1.29 is 0 Å². The van der Waals surface area contributed by atoms with E-state index in [9.17, 15) is 0 Å². The molecular formula is C6H9N3. The number of H-pyrrole nitrogens is 1. The fourth-order valence-electron chi connectivity index (χ4n) is 0.559. The van der Waals surface area contributed by atoms with E-state index in [0.717, 1.165) is 5.69 Å². The molecule has 0 aliphatic heterocycles. The summed E-state index contributed by atoms with van der Waals surface area (Å²) in [5, 5.41) is 3.81. The molecule has 48 valence electrons. The molecule has 0 radical (unpaired) electrons. The highest BCUT2D eigenvalue weighted by Crippen LogP contribution is 1.87. The number of nitrogens with zero attached hydrogens (tertiary/aromatic N) is 1. The van der Waals surface area contributed by atoms with E-state index in [0.29, 0.717) is 0 Å². The molecule has 1 aromatic rings. The summed E-state index contributed by atoms with van der Waals surface area (Å²) in [6.45, 7) is 0. The van der Waals surface area contributed by atoms with Gasteiger partial charge in [-0.1, -0.05) is 0 Å². The van der Waals surface area contributed by atoms with Crippen LogP contribution in [0.2, 0.25) is 0 Å². The van der Waals surface area contributed by atoms with Crippen molar-refractivity contribution in [3.63, 3.8) is 0 Å². The van der Waals surface area contributed by atoms with Crippen LogP contribution in [0.15, 0.2) is 23.4 Å². The SMILES string of the molecule is CNN=Cc1ccc[nH]1. The van der Waals surface area contributed by atoms with Gasteiger partial charge in [0.2, 0.25) is 0 Å². The number of hydrogen-bond acceptors (Lipinski definition) is 2. The first-order chi connectivity index (χ1) is 4.43. The van der Waals surface area contributed by atoms with E-state index in [-0.39, 0.29) is 0 Å². The van der Waals surface area contributed by atoms with Gasteiger partial charge in [-0.25, -0.2) is 0 Å². The molecule has 1 aromatic heterocycles. The summed E-state index contributed by atoms with van der Waals surface area (Å²) in [7, 11) is 1.76. The fraction of sp³-hybridized carbons (Fsp3) is 0.167. The van der Waals surface area contributed by atoms with Crippen LogP contribution < -0.4 is 5.43 Å². The molecule has 0 aromatic carbocycles. The second-order valence-electron chi connectivity index (χ2n) is 1.61. The number of hydrogen-bond donors (Lipinski definition) is 2. The highest BCUT2D eigenvalue weighted by atomic mass is 15.3. The average molecular weight is 123 g/mol. The van der Waals surface area contributed by atoms with Gasteiger partial charge >= 0.3 is 0 Å². The molecule has 0 amide bonds. The Morgan fingerprint density at radius 3 is 3.22 bits per heavy atom. The molecule has 3 heteroatoms. The molecule has 0 aliphatic carbocycles. The van der Waals surface area contributed by atoms with Crippen molar-refractivity contribution in [3.05, 3.63) is 24.0 Å². The van der Waals surface area contributed by atoms with E-state index in [1.54, 1.807) is 13.3 Å². The molecule has 2 N–H and O–H groups in total. The molecule has 0 aliphatic rings. The first kappa shape index (κ1) is 5.88. The van der Waals surface area contributed by atoms with Crippen molar-refractivity contribution in [2.45, 2.75) is 0 Å². The molecule has 9 heavy (non-hydrogen) atoms. The molecule has 0 fully saturated rings. The minimum atomic E-state index is 1.00. The van der Waals surface area contributed by atoms with Gasteiger partial charge in [0.1, 0.15) is 0 Å². The van der Waals surface area contributed by atoms with E-state index in [4.69, 9.17) is 0 Å². The topological polar surface area (TPSA) is 40.2 Å². The molecule has 3 nitrogen and oxygen atoms in total. The first-order valence-electron chi connectivity index (χ1n) is 2.76. The molecule has 0 spiro atoms. The van der Waals surface area contributed by atoms with Crippen LogP contribution in [0, 0.1) is 0 Å². The Hall–Kier alpha value is -1.25. The summed E-state index contributed by atoms with van der Waals surface area (Å²) in [5.41, 5.74) is 3.66. The lowest BCUT2D eigenvalue weighted by Gasteiger charge is -1.83. The minimum Gasteiger partial charge on any atom is -0.360 e. The van der Waals surface area contributed by atoms with Crippen molar-refractivity contribution in [2.75, 3.05) is 7.05 Å². The Morgan fingerprint density at radius 2 is 2.67 bits per heavy atom. The van der Waals surface area contributed by atoms with Crippen LogP contribution in [0.3, 0.4) is 0 Å². The number of aromatic amines is 1. The van der Waals surface area contributed by atoms with Gasteiger partial charge in [-0.05, 0) is 12.1 Å². The van der Waals surface area contributed by atoms with Crippen LogP contribution in [0.25, 0.3) is 0 Å². The summed E-state index contributed by atoms with van der Waals surface area (Å²) in [6, 6.07) is 3.87. The van der Waals surface area contributed by atoms with E-state index >= 15 is 0 Å².